The van der Waals surface area contributed by atoms with Crippen molar-refractivity contribution in [3.8, 4) is 5.75 Å². The van der Waals surface area contributed by atoms with E-state index < -0.39 is 11.9 Å². The Morgan fingerprint density at radius 2 is 2.04 bits per heavy atom. The largest absolute Gasteiger partial charge is 0.495 e. The van der Waals surface area contributed by atoms with Gasteiger partial charge in [0.2, 0.25) is 11.8 Å². The monoisotopic (exact) mass is 388 g/mol. The van der Waals surface area contributed by atoms with E-state index in [-0.39, 0.29) is 24.8 Å². The molecule has 1 atom stereocenters. The Balaban J connectivity index is 1.76. The fraction of sp³-hybridized carbons (Fsp3) is 0.316. The molecular weight excluding hydrogens is 368 g/mol. The highest BCUT2D eigenvalue weighted by molar-refractivity contribution is 7.12. The van der Waals surface area contributed by atoms with E-state index in [1.807, 2.05) is 19.1 Å². The summed E-state index contributed by atoms with van der Waals surface area (Å²) in [6, 6.07) is 7.22. The summed E-state index contributed by atoms with van der Waals surface area (Å²) < 4.78 is 10.1. The number of ether oxygens (including phenoxy) is 2. The Bertz CT molecular complexity index is 892. The van der Waals surface area contributed by atoms with Crippen LogP contribution >= 0.6 is 11.3 Å². The van der Waals surface area contributed by atoms with Crippen LogP contribution in [-0.2, 0) is 14.3 Å². The van der Waals surface area contributed by atoms with Crippen LogP contribution in [0.15, 0.2) is 29.6 Å². The number of hydrogen-bond acceptors (Lipinski definition) is 6. The fourth-order valence-corrected chi connectivity index (χ4v) is 3.79. The first-order valence-corrected chi connectivity index (χ1v) is 9.24. The topological polar surface area (TPSA) is 84.9 Å². The second-order valence-corrected chi connectivity index (χ2v) is 7.14. The molecular formula is C19H20N2O5S. The third-order valence-corrected chi connectivity index (χ3v) is 5.31. The van der Waals surface area contributed by atoms with E-state index in [0.717, 1.165) is 5.56 Å². The summed E-state index contributed by atoms with van der Waals surface area (Å²) in [5.74, 6) is -0.888. The Kier molecular flexibility index (Phi) is 5.46. The van der Waals surface area contributed by atoms with Gasteiger partial charge in [0, 0.05) is 13.0 Å². The highest BCUT2D eigenvalue weighted by Gasteiger charge is 2.36. The number of carbonyl (C=O) groups is 3. The lowest BCUT2D eigenvalue weighted by molar-refractivity contribution is -0.122. The van der Waals surface area contributed by atoms with Crippen LogP contribution < -0.4 is 15.0 Å². The average molecular weight is 388 g/mol. The van der Waals surface area contributed by atoms with Crippen molar-refractivity contribution in [2.24, 2.45) is 5.92 Å². The molecule has 1 saturated heterocycles. The van der Waals surface area contributed by atoms with E-state index >= 15 is 0 Å². The molecule has 142 valence electrons. The lowest BCUT2D eigenvalue weighted by atomic mass is 10.1. The maximum atomic E-state index is 12.7. The molecule has 1 aromatic carbocycles. The quantitative estimate of drug-likeness (QED) is 0.796. The van der Waals surface area contributed by atoms with Crippen LogP contribution in [0, 0.1) is 12.8 Å². The Labute approximate surface area is 160 Å². The number of nitrogens with one attached hydrogen (secondary N) is 1. The van der Waals surface area contributed by atoms with Crippen molar-refractivity contribution in [3.63, 3.8) is 0 Å². The van der Waals surface area contributed by atoms with Gasteiger partial charge in [-0.25, -0.2) is 4.79 Å². The molecule has 0 saturated carbocycles. The highest BCUT2D eigenvalue weighted by atomic mass is 32.1. The number of esters is 1. The van der Waals surface area contributed by atoms with Gasteiger partial charge in [0.15, 0.2) is 0 Å². The number of carbonyl (C=O) groups excluding carboxylic acids is 3. The molecule has 7 nitrogen and oxygen atoms in total. The van der Waals surface area contributed by atoms with Crippen molar-refractivity contribution in [2.75, 3.05) is 31.0 Å². The van der Waals surface area contributed by atoms with E-state index in [4.69, 9.17) is 9.47 Å². The lowest BCUT2D eigenvalue weighted by Gasteiger charge is -2.20. The molecule has 2 aromatic rings. The van der Waals surface area contributed by atoms with Gasteiger partial charge in [0.1, 0.15) is 10.6 Å². The van der Waals surface area contributed by atoms with E-state index in [1.165, 1.54) is 18.4 Å². The zero-order valence-corrected chi connectivity index (χ0v) is 16.1. The molecule has 1 unspecified atom stereocenters. The van der Waals surface area contributed by atoms with Gasteiger partial charge in [-0.05, 0) is 36.1 Å². The highest BCUT2D eigenvalue weighted by Crippen LogP contribution is 2.34. The first-order valence-electron chi connectivity index (χ1n) is 8.36. The molecule has 2 heterocycles. The maximum Gasteiger partial charge on any atom is 0.350 e. The van der Waals surface area contributed by atoms with Crippen LogP contribution in [0.4, 0.5) is 11.4 Å². The Hall–Kier alpha value is -2.87. The maximum absolute atomic E-state index is 12.7. The van der Waals surface area contributed by atoms with Crippen molar-refractivity contribution < 1.29 is 23.9 Å². The van der Waals surface area contributed by atoms with Crippen molar-refractivity contribution >= 4 is 40.5 Å². The molecule has 1 N–H and O–H groups in total. The fourth-order valence-electron chi connectivity index (χ4n) is 3.02. The third kappa shape index (κ3) is 3.80. The minimum absolute atomic E-state index is 0.0978. The third-order valence-electron chi connectivity index (χ3n) is 4.41. The molecule has 0 spiro atoms. The number of hydrogen-bond donors (Lipinski definition) is 1. The van der Waals surface area contributed by atoms with Gasteiger partial charge in [-0.2, -0.15) is 0 Å². The van der Waals surface area contributed by atoms with Crippen LogP contribution in [0.1, 0.15) is 21.7 Å². The molecule has 1 aromatic heterocycles. The number of nitrogens with zero attached hydrogens (tertiary/aromatic N) is 1. The van der Waals surface area contributed by atoms with Gasteiger partial charge in [0.05, 0.1) is 31.5 Å². The normalized spacial score (nSPS) is 16.3. The second kappa shape index (κ2) is 7.79. The summed E-state index contributed by atoms with van der Waals surface area (Å²) in [7, 11) is 2.83. The van der Waals surface area contributed by atoms with Gasteiger partial charge in [-0.15, -0.1) is 11.3 Å². The molecule has 8 heteroatoms. The summed E-state index contributed by atoms with van der Waals surface area (Å²) >= 11 is 1.19. The lowest BCUT2D eigenvalue weighted by Crippen LogP contribution is -2.28. The number of aryl methyl sites for hydroxylation is 1. The molecule has 1 aliphatic rings. The second-order valence-electron chi connectivity index (χ2n) is 6.22. The standard InChI is InChI=1S/C19H20N2O5S/c1-11-4-5-15(25-2)14(8-11)21-10-12(9-16(21)22)18(23)20-13-6-7-27-17(13)19(24)26-3/h4-8,12H,9-10H2,1-3H3,(H,20,23). The van der Waals surface area contributed by atoms with E-state index in [0.29, 0.717) is 22.0 Å². The van der Waals surface area contributed by atoms with E-state index in [1.54, 1.807) is 29.5 Å². The predicted octanol–water partition coefficient (Wildman–Crippen LogP) is 2.84. The van der Waals surface area contributed by atoms with Crippen LogP contribution in [0.3, 0.4) is 0 Å². The van der Waals surface area contributed by atoms with Crippen LogP contribution in [-0.4, -0.2) is 38.5 Å². The zero-order chi connectivity index (χ0) is 19.6. The molecule has 0 bridgehead atoms. The van der Waals surface area contributed by atoms with Crippen LogP contribution in [0.2, 0.25) is 0 Å². The zero-order valence-electron chi connectivity index (χ0n) is 15.3. The van der Waals surface area contributed by atoms with Gasteiger partial charge >= 0.3 is 5.97 Å². The minimum Gasteiger partial charge on any atom is -0.495 e. The molecule has 2 amide bonds. The molecule has 27 heavy (non-hydrogen) atoms. The molecule has 3 rings (SSSR count). The number of anilines is 2. The molecule has 1 aliphatic heterocycles. The van der Waals surface area contributed by atoms with Gasteiger partial charge in [-0.3, -0.25) is 9.59 Å². The van der Waals surface area contributed by atoms with Gasteiger partial charge in [0.25, 0.3) is 0 Å². The van der Waals surface area contributed by atoms with Crippen molar-refractivity contribution in [1.82, 2.24) is 0 Å². The SMILES string of the molecule is COC(=O)c1sccc1NC(=O)C1CC(=O)N(c2cc(C)ccc2OC)C1. The van der Waals surface area contributed by atoms with Crippen molar-refractivity contribution in [2.45, 2.75) is 13.3 Å². The summed E-state index contributed by atoms with van der Waals surface area (Å²) in [6.07, 6.45) is 0.0978. The summed E-state index contributed by atoms with van der Waals surface area (Å²) in [6.45, 7) is 2.18. The molecule has 0 aliphatic carbocycles. The number of thiophene rings is 1. The number of methoxy groups -OCH3 is 2. The summed E-state index contributed by atoms with van der Waals surface area (Å²) in [5, 5.41) is 4.44. The Morgan fingerprint density at radius 1 is 1.26 bits per heavy atom. The first-order chi connectivity index (χ1) is 12.9. The van der Waals surface area contributed by atoms with E-state index in [9.17, 15) is 14.4 Å². The number of benzene rings is 1. The van der Waals surface area contributed by atoms with Crippen LogP contribution in [0.25, 0.3) is 0 Å². The van der Waals surface area contributed by atoms with Crippen molar-refractivity contribution in [3.05, 3.63) is 40.1 Å². The predicted molar refractivity (Wildman–Crippen MR) is 102 cm³/mol. The number of rotatable bonds is 5. The van der Waals surface area contributed by atoms with Crippen molar-refractivity contribution in [1.29, 1.82) is 0 Å². The number of amides is 2. The van der Waals surface area contributed by atoms with Crippen LogP contribution in [0.5, 0.6) is 5.75 Å². The first kappa shape index (κ1) is 18.9. The summed E-state index contributed by atoms with van der Waals surface area (Å²) in [4.78, 5) is 38.8. The van der Waals surface area contributed by atoms with Gasteiger partial charge < -0.3 is 19.7 Å². The summed E-state index contributed by atoms with van der Waals surface area (Å²) in [5.41, 5.74) is 2.05. The molecule has 1 fully saturated rings. The average Bonchev–Trinajstić information content (AvgIpc) is 3.27. The van der Waals surface area contributed by atoms with Gasteiger partial charge in [-0.1, -0.05) is 6.07 Å². The Morgan fingerprint density at radius 3 is 2.74 bits per heavy atom. The smallest absolute Gasteiger partial charge is 0.350 e. The minimum atomic E-state index is -0.520. The molecule has 0 radical (unpaired) electrons. The van der Waals surface area contributed by atoms with E-state index in [2.05, 4.69) is 5.32 Å².